The molecule has 0 atom stereocenters. The monoisotopic (exact) mass is 351 g/mol. The minimum Gasteiger partial charge on any atom is -0.398 e. The maximum Gasteiger partial charge on any atom is 0.416 e. The molecule has 0 unspecified atom stereocenters. The second kappa shape index (κ2) is 6.38. The van der Waals surface area contributed by atoms with Crippen molar-refractivity contribution in [2.45, 2.75) is 16.8 Å². The number of thioether (sulfide) groups is 1. The Balaban J connectivity index is 2.13. The first kappa shape index (κ1) is 16.3. The van der Waals surface area contributed by atoms with Crippen molar-refractivity contribution in [2.24, 2.45) is 0 Å². The zero-order valence-electron chi connectivity index (χ0n) is 10.5. The van der Waals surface area contributed by atoms with E-state index < -0.39 is 11.7 Å². The molecule has 0 amide bonds. The summed E-state index contributed by atoms with van der Waals surface area (Å²) in [4.78, 5) is 0.578. The maximum atomic E-state index is 12.5. The third kappa shape index (κ3) is 4.22. The predicted octanol–water partition coefficient (Wildman–Crippen LogP) is 5.89. The number of rotatable bonds is 3. The van der Waals surface area contributed by atoms with Gasteiger partial charge in [0.2, 0.25) is 0 Å². The third-order valence-electron chi connectivity index (χ3n) is 2.74. The highest BCUT2D eigenvalue weighted by Crippen LogP contribution is 2.36. The molecule has 0 aliphatic carbocycles. The molecule has 1 nitrogen and oxygen atoms in total. The summed E-state index contributed by atoms with van der Waals surface area (Å²) in [6, 6.07) is 8.42. The zero-order chi connectivity index (χ0) is 15.6. The van der Waals surface area contributed by atoms with Crippen LogP contribution in [0, 0.1) is 0 Å². The summed E-state index contributed by atoms with van der Waals surface area (Å²) in [7, 11) is 0. The lowest BCUT2D eigenvalue weighted by molar-refractivity contribution is -0.137. The van der Waals surface area contributed by atoms with Crippen LogP contribution in [0.25, 0.3) is 0 Å². The fraction of sp³-hybridized carbons (Fsp3) is 0.143. The molecule has 0 aromatic heterocycles. The molecule has 0 saturated heterocycles. The summed E-state index contributed by atoms with van der Waals surface area (Å²) >= 11 is 13.2. The SMILES string of the molecule is Nc1cc(C(F)(F)F)ccc1SCc1ccc(Cl)cc1Cl. The molecular weight excluding hydrogens is 342 g/mol. The normalized spacial score (nSPS) is 11.7. The Morgan fingerprint density at radius 2 is 1.76 bits per heavy atom. The molecule has 112 valence electrons. The number of benzene rings is 2. The first-order chi connectivity index (χ1) is 9.77. The highest BCUT2D eigenvalue weighted by Gasteiger charge is 2.30. The maximum absolute atomic E-state index is 12.5. The van der Waals surface area contributed by atoms with Crippen LogP contribution in [0.3, 0.4) is 0 Å². The van der Waals surface area contributed by atoms with Gasteiger partial charge in [-0.3, -0.25) is 0 Å². The number of halogens is 5. The van der Waals surface area contributed by atoms with Gasteiger partial charge in [-0.05, 0) is 35.9 Å². The number of alkyl halides is 3. The summed E-state index contributed by atoms with van der Waals surface area (Å²) < 4.78 is 37.6. The van der Waals surface area contributed by atoms with E-state index in [1.54, 1.807) is 18.2 Å². The van der Waals surface area contributed by atoms with Gasteiger partial charge in [-0.2, -0.15) is 13.2 Å². The first-order valence-corrected chi connectivity index (χ1v) is 7.55. The van der Waals surface area contributed by atoms with Crippen LogP contribution < -0.4 is 5.73 Å². The van der Waals surface area contributed by atoms with Gasteiger partial charge in [-0.1, -0.05) is 29.3 Å². The number of anilines is 1. The molecular formula is C14H10Cl2F3NS. The van der Waals surface area contributed by atoms with Crippen molar-refractivity contribution in [3.8, 4) is 0 Å². The van der Waals surface area contributed by atoms with Crippen molar-refractivity contribution in [3.05, 3.63) is 57.6 Å². The van der Waals surface area contributed by atoms with E-state index in [0.29, 0.717) is 20.7 Å². The average molecular weight is 352 g/mol. The topological polar surface area (TPSA) is 26.0 Å². The van der Waals surface area contributed by atoms with Crippen molar-refractivity contribution >= 4 is 40.7 Å². The van der Waals surface area contributed by atoms with Crippen LogP contribution in [0.2, 0.25) is 10.0 Å². The van der Waals surface area contributed by atoms with E-state index in [1.807, 2.05) is 0 Å². The van der Waals surface area contributed by atoms with Crippen LogP contribution in [-0.4, -0.2) is 0 Å². The van der Waals surface area contributed by atoms with Gasteiger partial charge in [0.25, 0.3) is 0 Å². The molecule has 2 aromatic carbocycles. The Morgan fingerprint density at radius 3 is 2.33 bits per heavy atom. The van der Waals surface area contributed by atoms with Gasteiger partial charge < -0.3 is 5.73 Å². The number of nitrogens with two attached hydrogens (primary N) is 1. The van der Waals surface area contributed by atoms with Gasteiger partial charge in [-0.25, -0.2) is 0 Å². The second-order valence-corrected chi connectivity index (χ2v) is 6.14. The number of nitrogen functional groups attached to an aromatic ring is 1. The van der Waals surface area contributed by atoms with Crippen LogP contribution in [0.4, 0.5) is 18.9 Å². The summed E-state index contributed by atoms with van der Waals surface area (Å²) in [5, 5.41) is 1.04. The quantitative estimate of drug-likeness (QED) is 0.551. The molecule has 0 aliphatic rings. The lowest BCUT2D eigenvalue weighted by atomic mass is 10.2. The molecule has 0 saturated carbocycles. The Hall–Kier alpha value is -1.04. The van der Waals surface area contributed by atoms with Gasteiger partial charge in [0.15, 0.2) is 0 Å². The first-order valence-electron chi connectivity index (χ1n) is 5.81. The van der Waals surface area contributed by atoms with Crippen molar-refractivity contribution in [2.75, 3.05) is 5.73 Å². The Morgan fingerprint density at radius 1 is 1.05 bits per heavy atom. The Bertz CT molecular complexity index is 659. The van der Waals surface area contributed by atoms with E-state index in [0.717, 1.165) is 17.7 Å². The fourth-order valence-electron chi connectivity index (χ4n) is 1.65. The van der Waals surface area contributed by atoms with Crippen LogP contribution in [0.1, 0.15) is 11.1 Å². The van der Waals surface area contributed by atoms with E-state index in [-0.39, 0.29) is 5.69 Å². The lowest BCUT2D eigenvalue weighted by Crippen LogP contribution is -2.05. The molecule has 2 aromatic rings. The van der Waals surface area contributed by atoms with Crippen molar-refractivity contribution in [1.82, 2.24) is 0 Å². The highest BCUT2D eigenvalue weighted by atomic mass is 35.5. The highest BCUT2D eigenvalue weighted by molar-refractivity contribution is 7.98. The van der Waals surface area contributed by atoms with E-state index >= 15 is 0 Å². The minimum absolute atomic E-state index is 0.0971. The molecule has 0 bridgehead atoms. The van der Waals surface area contributed by atoms with Gasteiger partial charge in [0, 0.05) is 26.4 Å². The predicted molar refractivity (Wildman–Crippen MR) is 81.9 cm³/mol. The lowest BCUT2D eigenvalue weighted by Gasteiger charge is -2.11. The molecule has 21 heavy (non-hydrogen) atoms. The zero-order valence-corrected chi connectivity index (χ0v) is 12.9. The number of hydrogen-bond donors (Lipinski definition) is 1. The van der Waals surface area contributed by atoms with Crippen LogP contribution in [0.5, 0.6) is 0 Å². The summed E-state index contributed by atoms with van der Waals surface area (Å²) in [5.74, 6) is 0.492. The Kier molecular flexibility index (Phi) is 4.96. The van der Waals surface area contributed by atoms with Crippen LogP contribution >= 0.6 is 35.0 Å². The van der Waals surface area contributed by atoms with E-state index in [1.165, 1.54) is 17.8 Å². The van der Waals surface area contributed by atoms with E-state index in [4.69, 9.17) is 28.9 Å². The summed E-state index contributed by atoms with van der Waals surface area (Å²) in [6.45, 7) is 0. The molecule has 2 rings (SSSR count). The van der Waals surface area contributed by atoms with Gasteiger partial charge in [0.1, 0.15) is 0 Å². The molecule has 0 fully saturated rings. The van der Waals surface area contributed by atoms with E-state index in [2.05, 4.69) is 0 Å². The van der Waals surface area contributed by atoms with Gasteiger partial charge >= 0.3 is 6.18 Å². The molecule has 0 radical (unpaired) electrons. The molecule has 2 N–H and O–H groups in total. The fourth-order valence-corrected chi connectivity index (χ4v) is 3.16. The Labute approximate surface area is 134 Å². The van der Waals surface area contributed by atoms with Crippen molar-refractivity contribution in [3.63, 3.8) is 0 Å². The minimum atomic E-state index is -4.39. The molecule has 0 aliphatic heterocycles. The van der Waals surface area contributed by atoms with Crippen molar-refractivity contribution < 1.29 is 13.2 Å². The van der Waals surface area contributed by atoms with Crippen LogP contribution in [0.15, 0.2) is 41.3 Å². The largest absolute Gasteiger partial charge is 0.416 e. The summed E-state index contributed by atoms with van der Waals surface area (Å²) in [6.07, 6.45) is -4.39. The number of hydrogen-bond acceptors (Lipinski definition) is 2. The molecule has 0 heterocycles. The average Bonchev–Trinajstić information content (AvgIpc) is 2.38. The van der Waals surface area contributed by atoms with Gasteiger partial charge in [0.05, 0.1) is 5.56 Å². The third-order valence-corrected chi connectivity index (χ3v) is 4.46. The van der Waals surface area contributed by atoms with E-state index in [9.17, 15) is 13.2 Å². The van der Waals surface area contributed by atoms with Crippen LogP contribution in [-0.2, 0) is 11.9 Å². The standard InChI is InChI=1S/C14H10Cl2F3NS/c15-10-3-1-8(11(16)6-10)7-21-13-4-2-9(5-12(13)20)14(17,18)19/h1-6H,7,20H2. The molecule has 0 spiro atoms. The molecule has 7 heteroatoms. The van der Waals surface area contributed by atoms with Gasteiger partial charge in [-0.15, -0.1) is 11.8 Å². The second-order valence-electron chi connectivity index (χ2n) is 4.27. The summed E-state index contributed by atoms with van der Waals surface area (Å²) in [5.41, 5.74) is 5.85. The van der Waals surface area contributed by atoms with Crippen molar-refractivity contribution in [1.29, 1.82) is 0 Å². The smallest absolute Gasteiger partial charge is 0.398 e.